The molecule has 0 aromatic carbocycles. The molecule has 0 aliphatic heterocycles. The van der Waals surface area contributed by atoms with Crippen molar-refractivity contribution in [2.24, 2.45) is 5.92 Å². The van der Waals surface area contributed by atoms with Crippen molar-refractivity contribution in [1.29, 1.82) is 0 Å². The molecule has 86 valence electrons. The zero-order valence-corrected chi connectivity index (χ0v) is 10.4. The van der Waals surface area contributed by atoms with Gasteiger partial charge in [-0.15, -0.1) is 11.6 Å². The molecule has 0 bridgehead atoms. The van der Waals surface area contributed by atoms with E-state index in [0.717, 1.165) is 45.1 Å². The van der Waals surface area contributed by atoms with Crippen LogP contribution in [0.1, 0.15) is 33.6 Å². The van der Waals surface area contributed by atoms with Gasteiger partial charge in [-0.1, -0.05) is 20.8 Å². The Balaban J connectivity index is 2.99. The van der Waals surface area contributed by atoms with Gasteiger partial charge < -0.3 is 10.1 Å². The second-order valence-corrected chi connectivity index (χ2v) is 4.62. The molecule has 0 spiro atoms. The Morgan fingerprint density at radius 1 is 1.29 bits per heavy atom. The van der Waals surface area contributed by atoms with Crippen molar-refractivity contribution in [3.8, 4) is 0 Å². The monoisotopic (exact) mass is 221 g/mol. The molecule has 1 N–H and O–H groups in total. The summed E-state index contributed by atoms with van der Waals surface area (Å²) < 4.78 is 5.45. The normalized spacial score (nSPS) is 13.5. The molecule has 0 radical (unpaired) electrons. The van der Waals surface area contributed by atoms with Crippen LogP contribution in [-0.2, 0) is 4.74 Å². The third kappa shape index (κ3) is 10.3. The van der Waals surface area contributed by atoms with E-state index < -0.39 is 0 Å². The predicted molar refractivity (Wildman–Crippen MR) is 63.1 cm³/mol. The zero-order valence-electron chi connectivity index (χ0n) is 9.68. The first-order valence-electron chi connectivity index (χ1n) is 5.59. The van der Waals surface area contributed by atoms with Gasteiger partial charge in [0.1, 0.15) is 0 Å². The van der Waals surface area contributed by atoms with Gasteiger partial charge in [0, 0.05) is 25.1 Å². The number of halogens is 1. The van der Waals surface area contributed by atoms with Crippen molar-refractivity contribution >= 4 is 11.6 Å². The number of rotatable bonds is 9. The van der Waals surface area contributed by atoms with Crippen LogP contribution in [0.4, 0.5) is 0 Å². The minimum absolute atomic E-state index is 0.255. The van der Waals surface area contributed by atoms with Crippen LogP contribution in [0.25, 0.3) is 0 Å². The minimum Gasteiger partial charge on any atom is -0.380 e. The Morgan fingerprint density at radius 2 is 2.00 bits per heavy atom. The van der Waals surface area contributed by atoms with E-state index in [1.165, 1.54) is 0 Å². The Hall–Kier alpha value is 0.210. The standard InChI is InChI=1S/C11H24ClNO/c1-4-11(12)9-13-6-8-14-7-5-10(2)3/h10-11,13H,4-9H2,1-3H3. The number of hydrogen-bond acceptors (Lipinski definition) is 2. The minimum atomic E-state index is 0.255. The largest absolute Gasteiger partial charge is 0.380 e. The van der Waals surface area contributed by atoms with E-state index >= 15 is 0 Å². The summed E-state index contributed by atoms with van der Waals surface area (Å²) in [5.41, 5.74) is 0. The highest BCUT2D eigenvalue weighted by Gasteiger charge is 1.99. The summed E-state index contributed by atoms with van der Waals surface area (Å²) in [7, 11) is 0. The van der Waals surface area contributed by atoms with Gasteiger partial charge in [-0.25, -0.2) is 0 Å². The van der Waals surface area contributed by atoms with Crippen molar-refractivity contribution in [3.63, 3.8) is 0 Å². The quantitative estimate of drug-likeness (QED) is 0.478. The Morgan fingerprint density at radius 3 is 2.57 bits per heavy atom. The first-order chi connectivity index (χ1) is 6.66. The average Bonchev–Trinajstić information content (AvgIpc) is 2.15. The lowest BCUT2D eigenvalue weighted by molar-refractivity contribution is 0.125. The number of ether oxygens (including phenoxy) is 1. The molecule has 0 aliphatic rings. The van der Waals surface area contributed by atoms with Gasteiger partial charge in [0.15, 0.2) is 0 Å². The Kier molecular flexibility index (Phi) is 9.90. The third-order valence-corrected chi connectivity index (χ3v) is 2.53. The number of nitrogens with one attached hydrogen (secondary N) is 1. The second kappa shape index (κ2) is 9.75. The molecule has 0 rings (SSSR count). The summed E-state index contributed by atoms with van der Waals surface area (Å²) in [4.78, 5) is 0. The third-order valence-electron chi connectivity index (χ3n) is 2.07. The summed E-state index contributed by atoms with van der Waals surface area (Å²) >= 11 is 5.94. The molecular weight excluding hydrogens is 198 g/mol. The van der Waals surface area contributed by atoms with Gasteiger partial charge in [-0.05, 0) is 18.8 Å². The molecule has 3 heteroatoms. The van der Waals surface area contributed by atoms with Crippen LogP contribution in [0.3, 0.4) is 0 Å². The lowest BCUT2D eigenvalue weighted by atomic mass is 10.1. The fraction of sp³-hybridized carbons (Fsp3) is 1.00. The molecule has 1 unspecified atom stereocenters. The molecule has 0 saturated heterocycles. The van der Waals surface area contributed by atoms with Crippen molar-refractivity contribution in [2.45, 2.75) is 39.0 Å². The highest BCUT2D eigenvalue weighted by molar-refractivity contribution is 6.20. The van der Waals surface area contributed by atoms with E-state index in [1.54, 1.807) is 0 Å². The lowest BCUT2D eigenvalue weighted by Crippen LogP contribution is -2.26. The maximum absolute atomic E-state index is 5.94. The van der Waals surface area contributed by atoms with Gasteiger partial charge >= 0.3 is 0 Å². The summed E-state index contributed by atoms with van der Waals surface area (Å²) in [6.45, 7) is 9.96. The van der Waals surface area contributed by atoms with Crippen LogP contribution >= 0.6 is 11.6 Å². The highest BCUT2D eigenvalue weighted by Crippen LogP contribution is 1.99. The van der Waals surface area contributed by atoms with Gasteiger partial charge in [0.05, 0.1) is 6.61 Å². The average molecular weight is 222 g/mol. The van der Waals surface area contributed by atoms with E-state index in [1.807, 2.05) is 0 Å². The molecule has 0 amide bonds. The van der Waals surface area contributed by atoms with Gasteiger partial charge in [-0.3, -0.25) is 0 Å². The van der Waals surface area contributed by atoms with E-state index in [0.29, 0.717) is 0 Å². The van der Waals surface area contributed by atoms with Crippen LogP contribution in [0, 0.1) is 5.92 Å². The first kappa shape index (κ1) is 14.2. The number of alkyl halides is 1. The smallest absolute Gasteiger partial charge is 0.0590 e. The maximum atomic E-state index is 5.94. The summed E-state index contributed by atoms with van der Waals surface area (Å²) in [5, 5.41) is 3.52. The fourth-order valence-corrected chi connectivity index (χ4v) is 1.08. The molecule has 0 aliphatic carbocycles. The van der Waals surface area contributed by atoms with Crippen molar-refractivity contribution < 1.29 is 4.74 Å². The zero-order chi connectivity index (χ0) is 10.8. The highest BCUT2D eigenvalue weighted by atomic mass is 35.5. The van der Waals surface area contributed by atoms with Crippen molar-refractivity contribution in [3.05, 3.63) is 0 Å². The Bertz CT molecular complexity index is 120. The van der Waals surface area contributed by atoms with Crippen LogP contribution in [0.5, 0.6) is 0 Å². The predicted octanol–water partition coefficient (Wildman–Crippen LogP) is 2.66. The van der Waals surface area contributed by atoms with Crippen LogP contribution < -0.4 is 5.32 Å². The first-order valence-corrected chi connectivity index (χ1v) is 6.03. The molecule has 0 fully saturated rings. The molecule has 14 heavy (non-hydrogen) atoms. The summed E-state index contributed by atoms with van der Waals surface area (Å²) in [5.74, 6) is 0.732. The van der Waals surface area contributed by atoms with Crippen LogP contribution in [0.2, 0.25) is 0 Å². The van der Waals surface area contributed by atoms with E-state index in [9.17, 15) is 0 Å². The van der Waals surface area contributed by atoms with Crippen LogP contribution in [0.15, 0.2) is 0 Å². The topological polar surface area (TPSA) is 21.3 Å². The molecule has 0 aromatic heterocycles. The second-order valence-electron chi connectivity index (χ2n) is 4.00. The summed E-state index contributed by atoms with van der Waals surface area (Å²) in [6, 6.07) is 0. The van der Waals surface area contributed by atoms with Gasteiger partial charge in [-0.2, -0.15) is 0 Å². The van der Waals surface area contributed by atoms with Crippen molar-refractivity contribution in [1.82, 2.24) is 5.32 Å². The van der Waals surface area contributed by atoms with E-state index in [2.05, 4.69) is 26.1 Å². The number of hydrogen-bond donors (Lipinski definition) is 1. The molecule has 1 atom stereocenters. The SMILES string of the molecule is CCC(Cl)CNCCOCCC(C)C. The molecular formula is C11H24ClNO. The van der Waals surface area contributed by atoms with Crippen molar-refractivity contribution in [2.75, 3.05) is 26.3 Å². The lowest BCUT2D eigenvalue weighted by Gasteiger charge is -2.09. The van der Waals surface area contributed by atoms with E-state index in [-0.39, 0.29) is 5.38 Å². The molecule has 0 saturated carbocycles. The van der Waals surface area contributed by atoms with Gasteiger partial charge in [0.25, 0.3) is 0 Å². The molecule has 0 heterocycles. The molecule has 2 nitrogen and oxygen atoms in total. The van der Waals surface area contributed by atoms with Crippen LogP contribution in [-0.4, -0.2) is 31.7 Å². The van der Waals surface area contributed by atoms with E-state index in [4.69, 9.17) is 16.3 Å². The molecule has 0 aromatic rings. The summed E-state index contributed by atoms with van der Waals surface area (Å²) in [6.07, 6.45) is 2.16. The van der Waals surface area contributed by atoms with Gasteiger partial charge in [0.2, 0.25) is 0 Å². The Labute approximate surface area is 93.4 Å². The fourth-order valence-electron chi connectivity index (χ4n) is 0.968. The maximum Gasteiger partial charge on any atom is 0.0590 e.